The van der Waals surface area contributed by atoms with Gasteiger partial charge in [0, 0.05) is 41.4 Å². The highest BCUT2D eigenvalue weighted by molar-refractivity contribution is 7.89. The Hall–Kier alpha value is -1.08. The van der Waals surface area contributed by atoms with E-state index < -0.39 is 10.0 Å². The normalized spacial score (nSPS) is 12.1. The zero-order valence-corrected chi connectivity index (χ0v) is 15.8. The third-order valence-electron chi connectivity index (χ3n) is 3.76. The molecule has 2 aromatic rings. The van der Waals surface area contributed by atoms with E-state index in [1.807, 2.05) is 25.5 Å². The van der Waals surface area contributed by atoms with E-state index in [9.17, 15) is 8.42 Å². The average Bonchev–Trinajstić information content (AvgIpc) is 2.73. The Morgan fingerprint density at radius 2 is 1.74 bits per heavy atom. The second-order valence-electron chi connectivity index (χ2n) is 5.33. The van der Waals surface area contributed by atoms with Crippen LogP contribution in [-0.4, -0.2) is 29.6 Å². The van der Waals surface area contributed by atoms with Crippen molar-refractivity contribution in [3.63, 3.8) is 0 Å². The number of sulfonamides is 1. The van der Waals surface area contributed by atoms with Gasteiger partial charge in [-0.2, -0.15) is 9.40 Å². The van der Waals surface area contributed by atoms with Gasteiger partial charge in [-0.25, -0.2) is 8.42 Å². The fourth-order valence-corrected chi connectivity index (χ4v) is 4.30. The van der Waals surface area contributed by atoms with Crippen molar-refractivity contribution in [2.75, 3.05) is 7.05 Å². The molecule has 5 nitrogen and oxygen atoms in total. The van der Waals surface area contributed by atoms with Gasteiger partial charge in [0.15, 0.2) is 0 Å². The van der Waals surface area contributed by atoms with Gasteiger partial charge in [-0.1, -0.05) is 23.2 Å². The number of aromatic nitrogens is 2. The average molecular weight is 376 g/mol. The van der Waals surface area contributed by atoms with Crippen LogP contribution in [0.25, 0.3) is 0 Å². The first-order valence-electron chi connectivity index (χ1n) is 7.12. The molecule has 0 aliphatic heterocycles. The molecule has 0 aliphatic rings. The van der Waals surface area contributed by atoms with E-state index in [0.29, 0.717) is 0 Å². The molecule has 0 atom stereocenters. The number of hydrogen-bond donors (Lipinski definition) is 0. The van der Waals surface area contributed by atoms with Gasteiger partial charge in [0.1, 0.15) is 0 Å². The van der Waals surface area contributed by atoms with Crippen molar-refractivity contribution in [2.24, 2.45) is 0 Å². The minimum atomic E-state index is -3.69. The van der Waals surface area contributed by atoms with E-state index in [-0.39, 0.29) is 21.5 Å². The maximum Gasteiger partial charge on any atom is 0.243 e. The van der Waals surface area contributed by atoms with E-state index in [0.717, 1.165) is 23.5 Å². The smallest absolute Gasteiger partial charge is 0.243 e. The number of hydrogen-bond acceptors (Lipinski definition) is 3. The molecule has 0 N–H and O–H groups in total. The fraction of sp³-hybridized carbons (Fsp3) is 0.400. The second-order valence-corrected chi connectivity index (χ2v) is 8.25. The first-order valence-corrected chi connectivity index (χ1v) is 9.31. The molecule has 8 heteroatoms. The summed E-state index contributed by atoms with van der Waals surface area (Å²) in [6.07, 6.45) is 0. The Bertz CT molecular complexity index is 811. The Labute approximate surface area is 146 Å². The predicted octanol–water partition coefficient (Wildman–Crippen LogP) is 3.65. The summed E-state index contributed by atoms with van der Waals surface area (Å²) in [5.41, 5.74) is 2.71. The number of benzene rings is 1. The lowest BCUT2D eigenvalue weighted by molar-refractivity contribution is 0.465. The highest BCUT2D eigenvalue weighted by Crippen LogP contribution is 2.26. The zero-order chi connectivity index (χ0) is 17.4. The van der Waals surface area contributed by atoms with Crippen LogP contribution in [0.5, 0.6) is 0 Å². The van der Waals surface area contributed by atoms with Crippen molar-refractivity contribution in [1.29, 1.82) is 0 Å². The summed E-state index contributed by atoms with van der Waals surface area (Å²) < 4.78 is 28.6. The number of rotatable bonds is 5. The van der Waals surface area contributed by atoms with Gasteiger partial charge in [-0.15, -0.1) is 0 Å². The number of nitrogens with zero attached hydrogens (tertiary/aromatic N) is 3. The van der Waals surface area contributed by atoms with E-state index >= 15 is 0 Å². The van der Waals surface area contributed by atoms with Crippen molar-refractivity contribution in [3.05, 3.63) is 45.2 Å². The molecule has 126 valence electrons. The lowest BCUT2D eigenvalue weighted by Crippen LogP contribution is -2.27. The van der Waals surface area contributed by atoms with E-state index in [4.69, 9.17) is 23.2 Å². The molecule has 1 aromatic heterocycles. The first-order chi connectivity index (χ1) is 10.7. The van der Waals surface area contributed by atoms with Crippen LogP contribution in [0.15, 0.2) is 23.1 Å². The zero-order valence-electron chi connectivity index (χ0n) is 13.5. The molecule has 0 fully saturated rings. The molecule has 0 spiro atoms. The van der Waals surface area contributed by atoms with Crippen LogP contribution >= 0.6 is 23.2 Å². The molecule has 0 saturated heterocycles. The molecular weight excluding hydrogens is 357 g/mol. The largest absolute Gasteiger partial charge is 0.270 e. The third kappa shape index (κ3) is 3.71. The molecule has 23 heavy (non-hydrogen) atoms. The molecule has 0 radical (unpaired) electrons. The topological polar surface area (TPSA) is 55.2 Å². The van der Waals surface area contributed by atoms with Gasteiger partial charge in [-0.3, -0.25) is 4.68 Å². The van der Waals surface area contributed by atoms with Crippen molar-refractivity contribution < 1.29 is 8.42 Å². The van der Waals surface area contributed by atoms with Gasteiger partial charge in [0.2, 0.25) is 10.0 Å². The summed E-state index contributed by atoms with van der Waals surface area (Å²) in [6, 6.07) is 4.30. The third-order valence-corrected chi connectivity index (χ3v) is 5.97. The Kier molecular flexibility index (Phi) is 5.41. The molecule has 0 aliphatic carbocycles. The molecule has 0 unspecified atom stereocenters. The lowest BCUT2D eigenvalue weighted by Gasteiger charge is -2.18. The van der Waals surface area contributed by atoms with Gasteiger partial charge in [0.25, 0.3) is 0 Å². The first kappa shape index (κ1) is 18.3. The summed E-state index contributed by atoms with van der Waals surface area (Å²) in [6.45, 7) is 6.80. The van der Waals surface area contributed by atoms with Crippen LogP contribution in [0.1, 0.15) is 23.9 Å². The van der Waals surface area contributed by atoms with Crippen LogP contribution in [0.3, 0.4) is 0 Å². The van der Waals surface area contributed by atoms with Crippen molar-refractivity contribution in [1.82, 2.24) is 14.1 Å². The molecule has 0 bridgehead atoms. The van der Waals surface area contributed by atoms with Crippen LogP contribution in [0.2, 0.25) is 10.0 Å². The quantitative estimate of drug-likeness (QED) is 0.801. The number of aryl methyl sites for hydroxylation is 2. The van der Waals surface area contributed by atoms with E-state index in [2.05, 4.69) is 5.10 Å². The maximum atomic E-state index is 12.7. The van der Waals surface area contributed by atoms with Crippen LogP contribution in [0, 0.1) is 13.8 Å². The molecule has 2 rings (SSSR count). The highest BCUT2D eigenvalue weighted by atomic mass is 35.5. The van der Waals surface area contributed by atoms with Crippen LogP contribution in [-0.2, 0) is 23.1 Å². The van der Waals surface area contributed by atoms with Crippen molar-refractivity contribution in [3.8, 4) is 0 Å². The predicted molar refractivity (Wildman–Crippen MR) is 92.5 cm³/mol. The van der Waals surface area contributed by atoms with Gasteiger partial charge in [-0.05, 0) is 39.0 Å². The summed E-state index contributed by atoms with van der Waals surface area (Å²) >= 11 is 11.8. The Balaban J connectivity index is 2.36. The fourth-order valence-electron chi connectivity index (χ4n) is 2.44. The van der Waals surface area contributed by atoms with E-state index in [1.54, 1.807) is 0 Å². The van der Waals surface area contributed by atoms with Gasteiger partial charge < -0.3 is 0 Å². The van der Waals surface area contributed by atoms with Gasteiger partial charge in [0.05, 0.1) is 10.6 Å². The summed E-state index contributed by atoms with van der Waals surface area (Å²) in [4.78, 5) is 0.0793. The van der Waals surface area contributed by atoms with Crippen LogP contribution < -0.4 is 0 Å². The molecule has 1 aromatic carbocycles. The standard InChI is InChI=1S/C15H19Cl2N3O2S/c1-5-20-11(3)15(10(2)18-20)9-19(4)23(21,22)14-7-12(16)6-13(17)8-14/h6-8H,5,9H2,1-4H3. The Morgan fingerprint density at radius 1 is 1.17 bits per heavy atom. The maximum absolute atomic E-state index is 12.7. The lowest BCUT2D eigenvalue weighted by atomic mass is 10.2. The van der Waals surface area contributed by atoms with Crippen molar-refractivity contribution in [2.45, 2.75) is 38.8 Å². The molecular formula is C15H19Cl2N3O2S. The Morgan fingerprint density at radius 3 is 2.22 bits per heavy atom. The number of halogens is 2. The minimum absolute atomic E-state index is 0.0793. The molecule has 0 amide bonds. The van der Waals surface area contributed by atoms with Gasteiger partial charge >= 0.3 is 0 Å². The SMILES string of the molecule is CCn1nc(C)c(CN(C)S(=O)(=O)c2cc(Cl)cc(Cl)c2)c1C. The molecule has 0 saturated carbocycles. The summed E-state index contributed by atoms with van der Waals surface area (Å²) in [5.74, 6) is 0. The summed E-state index contributed by atoms with van der Waals surface area (Å²) in [7, 11) is -2.15. The minimum Gasteiger partial charge on any atom is -0.270 e. The monoisotopic (exact) mass is 375 g/mol. The second kappa shape index (κ2) is 6.81. The van der Waals surface area contributed by atoms with E-state index in [1.165, 1.54) is 29.6 Å². The summed E-state index contributed by atoms with van der Waals surface area (Å²) in [5, 5.41) is 4.99. The van der Waals surface area contributed by atoms with Crippen molar-refractivity contribution >= 4 is 33.2 Å². The van der Waals surface area contributed by atoms with Crippen LogP contribution in [0.4, 0.5) is 0 Å². The molecule has 1 heterocycles. The highest BCUT2D eigenvalue weighted by Gasteiger charge is 2.24.